The van der Waals surface area contributed by atoms with E-state index in [0.717, 1.165) is 25.0 Å². The molecule has 108 valence electrons. The lowest BCUT2D eigenvalue weighted by molar-refractivity contribution is -0.116. The lowest BCUT2D eigenvalue weighted by Gasteiger charge is -2.22. The van der Waals surface area contributed by atoms with Crippen molar-refractivity contribution in [2.75, 3.05) is 5.32 Å². The highest BCUT2D eigenvalue weighted by Crippen LogP contribution is 2.21. The lowest BCUT2D eigenvalue weighted by atomic mass is 9.87. The van der Waals surface area contributed by atoms with Gasteiger partial charge in [-0.25, -0.2) is 0 Å². The lowest BCUT2D eigenvalue weighted by Crippen LogP contribution is -2.31. The fourth-order valence-electron chi connectivity index (χ4n) is 2.11. The monoisotopic (exact) mass is 266 g/mol. The maximum atomic E-state index is 11.8. The van der Waals surface area contributed by atoms with E-state index in [1.807, 2.05) is 6.07 Å². The van der Waals surface area contributed by atoms with Crippen molar-refractivity contribution in [1.82, 2.24) is 10.2 Å². The van der Waals surface area contributed by atoms with Crippen molar-refractivity contribution in [3.8, 4) is 0 Å². The third kappa shape index (κ3) is 6.38. The molecule has 0 aliphatic carbocycles. The van der Waals surface area contributed by atoms with Crippen molar-refractivity contribution in [3.63, 3.8) is 0 Å². The molecule has 0 spiro atoms. The molecule has 0 bridgehead atoms. The van der Waals surface area contributed by atoms with Gasteiger partial charge in [0, 0.05) is 24.2 Å². The van der Waals surface area contributed by atoms with Crippen molar-refractivity contribution in [3.05, 3.63) is 11.8 Å². The van der Waals surface area contributed by atoms with E-state index >= 15 is 0 Å². The molecule has 1 amide bonds. The Labute approximate surface area is 115 Å². The summed E-state index contributed by atoms with van der Waals surface area (Å²) in [4.78, 5) is 11.8. The van der Waals surface area contributed by atoms with Gasteiger partial charge in [0.2, 0.25) is 5.91 Å². The van der Waals surface area contributed by atoms with Gasteiger partial charge in [0.25, 0.3) is 0 Å². The molecule has 0 saturated heterocycles. The minimum Gasteiger partial charge on any atom is -0.327 e. The van der Waals surface area contributed by atoms with Gasteiger partial charge in [0.15, 0.2) is 5.82 Å². The smallest absolute Gasteiger partial charge is 0.227 e. The molecule has 1 rings (SSSR count). The topological polar surface area (TPSA) is 83.8 Å². The number of carbonyl (C=O) groups is 1. The second kappa shape index (κ2) is 6.70. The molecule has 0 aromatic carbocycles. The molecule has 1 aromatic rings. The number of amides is 1. The first kappa shape index (κ1) is 15.7. The van der Waals surface area contributed by atoms with Crippen molar-refractivity contribution in [1.29, 1.82) is 0 Å². The van der Waals surface area contributed by atoms with Crippen molar-refractivity contribution in [2.45, 2.75) is 59.4 Å². The van der Waals surface area contributed by atoms with Crippen LogP contribution in [0.3, 0.4) is 0 Å². The van der Waals surface area contributed by atoms with Gasteiger partial charge in [-0.15, -0.1) is 0 Å². The highest BCUT2D eigenvalue weighted by Gasteiger charge is 2.18. The van der Waals surface area contributed by atoms with Crippen LogP contribution >= 0.6 is 0 Å². The van der Waals surface area contributed by atoms with E-state index < -0.39 is 0 Å². The standard InChI is InChI=1S/C14H26N4O/c1-5-6-11-8-12(18-17-11)16-13(19)7-10(15)9-14(2,3)4/h8,10H,5-7,9,15H2,1-4H3,(H2,16,17,18,19). The number of H-pyrrole nitrogens is 1. The molecule has 0 fully saturated rings. The number of anilines is 1. The third-order valence-corrected chi connectivity index (χ3v) is 2.74. The molecule has 1 unspecified atom stereocenters. The summed E-state index contributed by atoms with van der Waals surface area (Å²) < 4.78 is 0. The summed E-state index contributed by atoms with van der Waals surface area (Å²) >= 11 is 0. The van der Waals surface area contributed by atoms with Crippen molar-refractivity contribution in [2.24, 2.45) is 11.1 Å². The summed E-state index contributed by atoms with van der Waals surface area (Å²) in [7, 11) is 0. The number of nitrogens with one attached hydrogen (secondary N) is 2. The SMILES string of the molecule is CCCc1cc(NC(=O)CC(N)CC(C)(C)C)n[nH]1. The molecule has 1 atom stereocenters. The van der Waals surface area contributed by atoms with Gasteiger partial charge in [-0.2, -0.15) is 5.10 Å². The minimum absolute atomic E-state index is 0.0775. The average Bonchev–Trinajstić information content (AvgIpc) is 2.62. The number of rotatable bonds is 6. The number of aromatic amines is 1. The summed E-state index contributed by atoms with van der Waals surface area (Å²) in [5.74, 6) is 0.503. The van der Waals surface area contributed by atoms with Crippen LogP contribution in [-0.4, -0.2) is 22.1 Å². The fraction of sp³-hybridized carbons (Fsp3) is 0.714. The average molecular weight is 266 g/mol. The Balaban J connectivity index is 2.41. The van der Waals surface area contributed by atoms with Gasteiger partial charge < -0.3 is 11.1 Å². The number of aromatic nitrogens is 2. The van der Waals surface area contributed by atoms with Crippen LogP contribution in [0.2, 0.25) is 0 Å². The van der Waals surface area contributed by atoms with Crippen LogP contribution in [-0.2, 0) is 11.2 Å². The van der Waals surface area contributed by atoms with Crippen LogP contribution in [0.25, 0.3) is 0 Å². The Morgan fingerprint density at radius 2 is 2.21 bits per heavy atom. The summed E-state index contributed by atoms with van der Waals surface area (Å²) in [5, 5.41) is 9.74. The third-order valence-electron chi connectivity index (χ3n) is 2.74. The number of nitrogens with zero attached hydrogens (tertiary/aromatic N) is 1. The van der Waals surface area contributed by atoms with E-state index in [4.69, 9.17) is 5.73 Å². The summed E-state index contributed by atoms with van der Waals surface area (Å²) in [5.41, 5.74) is 7.16. The largest absolute Gasteiger partial charge is 0.327 e. The number of aryl methyl sites for hydroxylation is 1. The molecule has 0 aliphatic heterocycles. The molecule has 1 aromatic heterocycles. The molecule has 19 heavy (non-hydrogen) atoms. The zero-order valence-electron chi connectivity index (χ0n) is 12.4. The van der Waals surface area contributed by atoms with Gasteiger partial charge in [-0.1, -0.05) is 34.1 Å². The quantitative estimate of drug-likeness (QED) is 0.739. The normalized spacial score (nSPS) is 13.3. The van der Waals surface area contributed by atoms with Crippen LogP contribution < -0.4 is 11.1 Å². The van der Waals surface area contributed by atoms with Gasteiger partial charge in [-0.05, 0) is 18.3 Å². The molecule has 4 N–H and O–H groups in total. The van der Waals surface area contributed by atoms with E-state index in [1.54, 1.807) is 0 Å². The van der Waals surface area contributed by atoms with Gasteiger partial charge >= 0.3 is 0 Å². The predicted octanol–water partition coefficient (Wildman–Crippen LogP) is 2.45. The summed E-state index contributed by atoms with van der Waals surface area (Å²) in [6.07, 6.45) is 3.13. The zero-order chi connectivity index (χ0) is 14.5. The number of hydrogen-bond acceptors (Lipinski definition) is 3. The molecule has 0 radical (unpaired) electrons. The van der Waals surface area contributed by atoms with Gasteiger partial charge in [0.05, 0.1) is 0 Å². The van der Waals surface area contributed by atoms with Crippen LogP contribution in [0.4, 0.5) is 5.82 Å². The molecular weight excluding hydrogens is 240 g/mol. The first-order valence-corrected chi connectivity index (χ1v) is 6.90. The first-order valence-electron chi connectivity index (χ1n) is 6.90. The van der Waals surface area contributed by atoms with Crippen LogP contribution in [0.15, 0.2) is 6.07 Å². The maximum Gasteiger partial charge on any atom is 0.227 e. The van der Waals surface area contributed by atoms with Crippen LogP contribution in [0, 0.1) is 5.41 Å². The van der Waals surface area contributed by atoms with Crippen LogP contribution in [0.5, 0.6) is 0 Å². The first-order chi connectivity index (χ1) is 8.80. The zero-order valence-corrected chi connectivity index (χ0v) is 12.4. The summed E-state index contributed by atoms with van der Waals surface area (Å²) in [6.45, 7) is 8.46. The number of hydrogen-bond donors (Lipinski definition) is 3. The fourth-order valence-corrected chi connectivity index (χ4v) is 2.11. The highest BCUT2D eigenvalue weighted by molar-refractivity contribution is 5.90. The van der Waals surface area contributed by atoms with Gasteiger partial charge in [0.1, 0.15) is 0 Å². The maximum absolute atomic E-state index is 11.8. The Morgan fingerprint density at radius 1 is 1.53 bits per heavy atom. The predicted molar refractivity (Wildman–Crippen MR) is 77.9 cm³/mol. The molecule has 0 aliphatic rings. The van der Waals surface area contributed by atoms with Crippen molar-refractivity contribution < 1.29 is 4.79 Å². The summed E-state index contributed by atoms with van der Waals surface area (Å²) in [6, 6.07) is 1.76. The van der Waals surface area contributed by atoms with E-state index in [9.17, 15) is 4.79 Å². The Morgan fingerprint density at radius 3 is 2.79 bits per heavy atom. The Hall–Kier alpha value is -1.36. The number of nitrogens with two attached hydrogens (primary N) is 1. The second-order valence-corrected chi connectivity index (χ2v) is 6.31. The molecule has 0 saturated carbocycles. The molecule has 5 heteroatoms. The van der Waals surface area contributed by atoms with E-state index in [1.165, 1.54) is 0 Å². The van der Waals surface area contributed by atoms with Gasteiger partial charge in [-0.3, -0.25) is 9.89 Å². The highest BCUT2D eigenvalue weighted by atomic mass is 16.1. The van der Waals surface area contributed by atoms with E-state index in [0.29, 0.717) is 12.2 Å². The number of carbonyl (C=O) groups excluding carboxylic acids is 1. The molecule has 5 nitrogen and oxygen atoms in total. The van der Waals surface area contributed by atoms with Crippen LogP contribution in [0.1, 0.15) is 52.7 Å². The second-order valence-electron chi connectivity index (χ2n) is 6.31. The molecular formula is C14H26N4O. The Kier molecular flexibility index (Phi) is 5.54. The van der Waals surface area contributed by atoms with E-state index in [2.05, 4.69) is 43.2 Å². The Bertz CT molecular complexity index is 406. The van der Waals surface area contributed by atoms with E-state index in [-0.39, 0.29) is 17.4 Å². The minimum atomic E-state index is -0.117. The molecule has 1 heterocycles. The van der Waals surface area contributed by atoms with Crippen molar-refractivity contribution >= 4 is 11.7 Å².